The Morgan fingerprint density at radius 1 is 1.04 bits per heavy atom. The number of fused-ring (bicyclic) bond motifs is 2. The highest BCUT2D eigenvalue weighted by molar-refractivity contribution is 5.86. The molecular weight excluding hydrogens is 399 g/mol. The Morgan fingerprint density at radius 3 is 2.64 bits per heavy atom. The molecule has 1 aromatic carbocycles. The lowest BCUT2D eigenvalue weighted by atomic mass is 9.92. The van der Waals surface area contributed by atoms with E-state index >= 15 is 0 Å². The van der Waals surface area contributed by atoms with Crippen molar-refractivity contribution in [3.63, 3.8) is 0 Å². The highest BCUT2D eigenvalue weighted by Crippen LogP contribution is 2.24. The lowest BCUT2D eigenvalue weighted by Gasteiger charge is -2.26. The second-order valence-electron chi connectivity index (χ2n) is 6.83. The lowest BCUT2D eigenvalue weighted by Crippen LogP contribution is -2.33. The van der Waals surface area contributed by atoms with Crippen LogP contribution in [0.4, 0.5) is 5.95 Å². The molecule has 0 bridgehead atoms. The van der Waals surface area contributed by atoms with Crippen LogP contribution in [0, 0.1) is 0 Å². The van der Waals surface area contributed by atoms with Gasteiger partial charge in [0.05, 0.1) is 17.4 Å². The molecule has 5 rings (SSSR count). The number of hydrogen-bond donors (Lipinski definition) is 3. The van der Waals surface area contributed by atoms with Crippen LogP contribution in [0.15, 0.2) is 36.9 Å². The van der Waals surface area contributed by atoms with Crippen LogP contribution in [0.5, 0.6) is 0 Å². The van der Waals surface area contributed by atoms with Crippen molar-refractivity contribution >= 4 is 53.0 Å². The molecule has 0 atom stereocenters. The molecule has 1 saturated carbocycles. The number of H-pyrrole nitrogens is 1. The van der Waals surface area contributed by atoms with Gasteiger partial charge < -0.3 is 16.0 Å². The number of halogens is 2. The number of benzene rings is 1. The third-order valence-corrected chi connectivity index (χ3v) is 5.05. The summed E-state index contributed by atoms with van der Waals surface area (Å²) in [4.78, 5) is 21.3. The van der Waals surface area contributed by atoms with Crippen molar-refractivity contribution in [3.05, 3.63) is 36.9 Å². The molecule has 0 aliphatic heterocycles. The molecule has 0 unspecified atom stereocenters. The monoisotopic (exact) mass is 420 g/mol. The van der Waals surface area contributed by atoms with Gasteiger partial charge in [0.2, 0.25) is 5.95 Å². The molecule has 148 valence electrons. The van der Waals surface area contributed by atoms with E-state index in [0.717, 1.165) is 48.1 Å². The van der Waals surface area contributed by atoms with Crippen molar-refractivity contribution in [1.29, 1.82) is 0 Å². The van der Waals surface area contributed by atoms with E-state index in [2.05, 4.69) is 25.3 Å². The van der Waals surface area contributed by atoms with Crippen LogP contribution >= 0.6 is 24.8 Å². The average molecular weight is 421 g/mol. The summed E-state index contributed by atoms with van der Waals surface area (Å²) in [6.45, 7) is 0. The zero-order valence-electron chi connectivity index (χ0n) is 15.1. The Balaban J connectivity index is 0.00000112. The maximum absolute atomic E-state index is 6.01. The molecule has 28 heavy (non-hydrogen) atoms. The van der Waals surface area contributed by atoms with Gasteiger partial charge in [-0.15, -0.1) is 24.8 Å². The van der Waals surface area contributed by atoms with Gasteiger partial charge in [-0.25, -0.2) is 9.97 Å². The van der Waals surface area contributed by atoms with E-state index in [1.54, 1.807) is 12.7 Å². The molecular formula is C18H22Cl2N8. The number of anilines is 1. The van der Waals surface area contributed by atoms with E-state index in [9.17, 15) is 0 Å². The number of nitrogens with zero attached hydrogens (tertiary/aromatic N) is 5. The summed E-state index contributed by atoms with van der Waals surface area (Å²) in [5, 5.41) is 3.47. The topological polar surface area (TPSA) is 110 Å². The second-order valence-corrected chi connectivity index (χ2v) is 6.83. The Morgan fingerprint density at radius 2 is 1.82 bits per heavy atom. The summed E-state index contributed by atoms with van der Waals surface area (Å²) >= 11 is 0. The first kappa shape index (κ1) is 20.3. The fraction of sp³-hybridized carbons (Fsp3) is 0.333. The quantitative estimate of drug-likeness (QED) is 0.469. The summed E-state index contributed by atoms with van der Waals surface area (Å²) < 4.78 is 1.96. The van der Waals surface area contributed by atoms with Crippen molar-refractivity contribution in [3.8, 4) is 5.82 Å². The van der Waals surface area contributed by atoms with Crippen molar-refractivity contribution in [1.82, 2.24) is 29.5 Å². The van der Waals surface area contributed by atoms with Crippen molar-refractivity contribution in [2.45, 2.75) is 37.8 Å². The van der Waals surface area contributed by atoms with E-state index in [1.165, 1.54) is 0 Å². The standard InChI is InChI=1S/C18H20N8.2ClH/c19-11-5-7-12(8-6-11)23-18-24-16-15(20-9-21-16)17(25-18)26-10-22-13-3-1-2-4-14(13)26;;/h1-4,9-12H,5-8,19H2,(H2,20,21,23,24,25);2*1H/t11-,12-;;. The van der Waals surface area contributed by atoms with Crippen LogP contribution in [-0.4, -0.2) is 41.6 Å². The normalized spacial score (nSPS) is 19.2. The molecule has 3 aromatic heterocycles. The number of imidazole rings is 2. The van der Waals surface area contributed by atoms with Gasteiger partial charge in [0.1, 0.15) is 6.33 Å². The smallest absolute Gasteiger partial charge is 0.227 e. The molecule has 4 aromatic rings. The van der Waals surface area contributed by atoms with Gasteiger partial charge >= 0.3 is 0 Å². The van der Waals surface area contributed by atoms with Crippen LogP contribution in [0.25, 0.3) is 28.0 Å². The molecule has 0 spiro atoms. The molecule has 1 fully saturated rings. The molecule has 4 N–H and O–H groups in total. The van der Waals surface area contributed by atoms with Gasteiger partial charge in [-0.3, -0.25) is 4.57 Å². The van der Waals surface area contributed by atoms with Crippen LogP contribution in [0.3, 0.4) is 0 Å². The maximum Gasteiger partial charge on any atom is 0.227 e. The zero-order chi connectivity index (χ0) is 17.5. The Bertz CT molecular complexity index is 1070. The van der Waals surface area contributed by atoms with Gasteiger partial charge in [-0.2, -0.15) is 9.97 Å². The van der Waals surface area contributed by atoms with Crippen molar-refractivity contribution in [2.75, 3.05) is 5.32 Å². The third-order valence-electron chi connectivity index (χ3n) is 5.05. The molecule has 8 nitrogen and oxygen atoms in total. The Labute approximate surface area is 174 Å². The van der Waals surface area contributed by atoms with Crippen molar-refractivity contribution < 1.29 is 0 Å². The summed E-state index contributed by atoms with van der Waals surface area (Å²) in [5.41, 5.74) is 9.36. The average Bonchev–Trinajstić information content (AvgIpc) is 3.30. The van der Waals surface area contributed by atoms with E-state index in [-0.39, 0.29) is 24.8 Å². The Hall–Kier alpha value is -2.42. The predicted molar refractivity (Wildman–Crippen MR) is 115 cm³/mol. The molecule has 10 heteroatoms. The number of aromatic nitrogens is 6. The summed E-state index contributed by atoms with van der Waals surface area (Å²) in [5.74, 6) is 1.33. The number of rotatable bonds is 3. The number of para-hydroxylation sites is 2. The fourth-order valence-corrected chi connectivity index (χ4v) is 3.63. The van der Waals surface area contributed by atoms with Gasteiger partial charge in [0.15, 0.2) is 17.0 Å². The molecule has 3 heterocycles. The first-order chi connectivity index (χ1) is 12.8. The zero-order valence-corrected chi connectivity index (χ0v) is 16.7. The second kappa shape index (κ2) is 8.30. The largest absolute Gasteiger partial charge is 0.351 e. The maximum atomic E-state index is 6.01. The Kier molecular flexibility index (Phi) is 6.02. The molecule has 0 amide bonds. The van der Waals surface area contributed by atoms with Crippen LogP contribution in [-0.2, 0) is 0 Å². The van der Waals surface area contributed by atoms with Crippen molar-refractivity contribution in [2.24, 2.45) is 5.73 Å². The number of nitrogens with one attached hydrogen (secondary N) is 2. The third kappa shape index (κ3) is 3.63. The summed E-state index contributed by atoms with van der Waals surface area (Å²) in [7, 11) is 0. The highest BCUT2D eigenvalue weighted by atomic mass is 35.5. The minimum atomic E-state index is 0. The first-order valence-electron chi connectivity index (χ1n) is 8.93. The molecule has 0 radical (unpaired) electrons. The van der Waals surface area contributed by atoms with E-state index in [0.29, 0.717) is 23.7 Å². The van der Waals surface area contributed by atoms with Crippen LogP contribution in [0.1, 0.15) is 25.7 Å². The van der Waals surface area contributed by atoms with E-state index in [1.807, 2.05) is 28.8 Å². The minimum Gasteiger partial charge on any atom is -0.351 e. The van der Waals surface area contributed by atoms with Gasteiger partial charge in [0.25, 0.3) is 0 Å². The van der Waals surface area contributed by atoms with Crippen LogP contribution in [0.2, 0.25) is 0 Å². The van der Waals surface area contributed by atoms with Gasteiger partial charge in [-0.1, -0.05) is 12.1 Å². The SMILES string of the molecule is Cl.Cl.N[C@H]1CC[C@H](Nc2nc(-n3cnc4ccccc43)c3nc[nH]c3n2)CC1. The lowest BCUT2D eigenvalue weighted by molar-refractivity contribution is 0.410. The van der Waals surface area contributed by atoms with Crippen LogP contribution < -0.4 is 11.1 Å². The first-order valence-corrected chi connectivity index (χ1v) is 8.93. The molecule has 0 saturated heterocycles. The highest BCUT2D eigenvalue weighted by Gasteiger charge is 2.20. The van der Waals surface area contributed by atoms with E-state index in [4.69, 9.17) is 10.7 Å². The number of hydrogen-bond acceptors (Lipinski definition) is 6. The predicted octanol–water partition coefficient (Wildman–Crippen LogP) is 3.22. The van der Waals surface area contributed by atoms with Gasteiger partial charge in [0, 0.05) is 12.1 Å². The van der Waals surface area contributed by atoms with Gasteiger partial charge in [-0.05, 0) is 37.8 Å². The minimum absolute atomic E-state index is 0. The summed E-state index contributed by atoms with van der Waals surface area (Å²) in [6.07, 6.45) is 7.56. The fourth-order valence-electron chi connectivity index (χ4n) is 3.63. The van der Waals surface area contributed by atoms with E-state index < -0.39 is 0 Å². The number of aromatic amines is 1. The molecule has 1 aliphatic carbocycles. The molecule has 1 aliphatic rings. The summed E-state index contributed by atoms with van der Waals surface area (Å²) in [6, 6.07) is 8.65. The number of nitrogens with two attached hydrogens (primary N) is 1.